The van der Waals surface area contributed by atoms with E-state index in [1.54, 1.807) is 0 Å². The number of methoxy groups -OCH3 is 1. The third-order valence-corrected chi connectivity index (χ3v) is 2.73. The second-order valence-corrected chi connectivity index (χ2v) is 4.24. The minimum Gasteiger partial charge on any atom is -0.469 e. The standard InChI is InChI=1S/C15H17ClO2/c1-3-12(5-4-6-15(17)18-2)11-13-7-9-14(16)10-8-13/h4-5,7-11H,3,6H2,1-2H3/b5-4+,12-11+. The number of allylic oxidation sites excluding steroid dienone is 2. The predicted octanol–water partition coefficient (Wildman–Crippen LogP) is 4.25. The van der Waals surface area contributed by atoms with Gasteiger partial charge in [0.1, 0.15) is 0 Å². The fourth-order valence-electron chi connectivity index (χ4n) is 1.43. The molecular formula is C15H17ClO2. The SMILES string of the molecule is CCC(/C=C/CC(=O)OC)=C\c1ccc(Cl)cc1. The molecule has 2 nitrogen and oxygen atoms in total. The summed E-state index contributed by atoms with van der Waals surface area (Å²) in [6, 6.07) is 7.65. The van der Waals surface area contributed by atoms with E-state index in [1.165, 1.54) is 7.11 Å². The molecule has 0 N–H and O–H groups in total. The third kappa shape index (κ3) is 5.19. The third-order valence-electron chi connectivity index (χ3n) is 2.47. The van der Waals surface area contributed by atoms with Gasteiger partial charge in [-0.05, 0) is 29.7 Å². The lowest BCUT2D eigenvalue weighted by molar-refractivity contribution is -0.139. The van der Waals surface area contributed by atoms with Gasteiger partial charge in [-0.25, -0.2) is 0 Å². The van der Waals surface area contributed by atoms with E-state index in [0.717, 1.165) is 22.6 Å². The Bertz CT molecular complexity index is 444. The fraction of sp³-hybridized carbons (Fsp3) is 0.267. The number of carbonyl (C=O) groups excluding carboxylic acids is 1. The van der Waals surface area contributed by atoms with Gasteiger partial charge < -0.3 is 4.74 Å². The number of hydrogen-bond acceptors (Lipinski definition) is 2. The Kier molecular flexibility index (Phi) is 6.23. The van der Waals surface area contributed by atoms with Crippen molar-refractivity contribution in [3.8, 4) is 0 Å². The largest absolute Gasteiger partial charge is 0.469 e. The van der Waals surface area contributed by atoms with Gasteiger partial charge in [0.05, 0.1) is 13.5 Å². The topological polar surface area (TPSA) is 26.3 Å². The second kappa shape index (κ2) is 7.72. The van der Waals surface area contributed by atoms with E-state index in [1.807, 2.05) is 36.4 Å². The molecule has 18 heavy (non-hydrogen) atoms. The van der Waals surface area contributed by atoms with E-state index in [2.05, 4.69) is 17.7 Å². The van der Waals surface area contributed by atoms with Crippen LogP contribution in [0.5, 0.6) is 0 Å². The first-order valence-corrected chi connectivity index (χ1v) is 6.23. The van der Waals surface area contributed by atoms with Gasteiger partial charge in [-0.15, -0.1) is 0 Å². The molecule has 0 atom stereocenters. The van der Waals surface area contributed by atoms with Crippen LogP contribution < -0.4 is 0 Å². The van der Waals surface area contributed by atoms with Crippen molar-refractivity contribution in [1.29, 1.82) is 0 Å². The summed E-state index contributed by atoms with van der Waals surface area (Å²) in [6.07, 6.45) is 7.04. The first-order valence-electron chi connectivity index (χ1n) is 5.85. The predicted molar refractivity (Wildman–Crippen MR) is 75.5 cm³/mol. The Morgan fingerprint density at radius 2 is 2.00 bits per heavy atom. The van der Waals surface area contributed by atoms with Crippen LogP contribution in [0, 0.1) is 0 Å². The van der Waals surface area contributed by atoms with Gasteiger partial charge in [-0.1, -0.05) is 48.9 Å². The van der Waals surface area contributed by atoms with Gasteiger partial charge in [-0.2, -0.15) is 0 Å². The molecule has 1 aromatic rings. The van der Waals surface area contributed by atoms with Crippen LogP contribution in [0.3, 0.4) is 0 Å². The van der Waals surface area contributed by atoms with Crippen LogP contribution in [0.4, 0.5) is 0 Å². The number of carbonyl (C=O) groups is 1. The highest BCUT2D eigenvalue weighted by Crippen LogP contribution is 2.14. The zero-order chi connectivity index (χ0) is 13.4. The van der Waals surface area contributed by atoms with Crippen molar-refractivity contribution in [3.63, 3.8) is 0 Å². The summed E-state index contributed by atoms with van der Waals surface area (Å²) in [5.41, 5.74) is 2.25. The lowest BCUT2D eigenvalue weighted by atomic mass is 10.1. The quantitative estimate of drug-likeness (QED) is 0.587. The van der Waals surface area contributed by atoms with E-state index in [9.17, 15) is 4.79 Å². The summed E-state index contributed by atoms with van der Waals surface area (Å²) in [6.45, 7) is 2.07. The summed E-state index contributed by atoms with van der Waals surface area (Å²) in [5, 5.41) is 0.728. The maximum atomic E-state index is 11.0. The first kappa shape index (κ1) is 14.5. The lowest BCUT2D eigenvalue weighted by Crippen LogP contribution is -1.96. The summed E-state index contributed by atoms with van der Waals surface area (Å²) >= 11 is 5.83. The zero-order valence-corrected chi connectivity index (χ0v) is 11.4. The van der Waals surface area contributed by atoms with Crippen LogP contribution in [0.15, 0.2) is 42.0 Å². The van der Waals surface area contributed by atoms with Crippen molar-refractivity contribution in [2.45, 2.75) is 19.8 Å². The number of rotatable bonds is 5. The normalized spacial score (nSPS) is 11.8. The highest BCUT2D eigenvalue weighted by atomic mass is 35.5. The van der Waals surface area contributed by atoms with Gasteiger partial charge in [0.25, 0.3) is 0 Å². The number of esters is 1. The van der Waals surface area contributed by atoms with Crippen LogP contribution in [0.2, 0.25) is 5.02 Å². The number of hydrogen-bond donors (Lipinski definition) is 0. The molecule has 1 rings (SSSR count). The van der Waals surface area contributed by atoms with Crippen LogP contribution in [-0.2, 0) is 9.53 Å². The van der Waals surface area contributed by atoms with Crippen LogP contribution in [0.1, 0.15) is 25.3 Å². The molecule has 0 spiro atoms. The zero-order valence-electron chi connectivity index (χ0n) is 10.7. The Labute approximate surface area is 113 Å². The van der Waals surface area contributed by atoms with Crippen molar-refractivity contribution in [2.75, 3.05) is 7.11 Å². The molecule has 0 saturated carbocycles. The number of halogens is 1. The Balaban J connectivity index is 2.70. The molecule has 0 aliphatic carbocycles. The molecule has 0 fully saturated rings. The highest BCUT2D eigenvalue weighted by molar-refractivity contribution is 6.30. The molecule has 0 unspecified atom stereocenters. The van der Waals surface area contributed by atoms with Crippen LogP contribution in [-0.4, -0.2) is 13.1 Å². The smallest absolute Gasteiger partial charge is 0.309 e. The lowest BCUT2D eigenvalue weighted by Gasteiger charge is -1.99. The van der Waals surface area contributed by atoms with Crippen LogP contribution >= 0.6 is 11.6 Å². The van der Waals surface area contributed by atoms with E-state index >= 15 is 0 Å². The molecule has 0 saturated heterocycles. The minimum atomic E-state index is -0.229. The molecule has 0 heterocycles. The number of ether oxygens (including phenoxy) is 1. The highest BCUT2D eigenvalue weighted by Gasteiger charge is 1.96. The van der Waals surface area contributed by atoms with Crippen molar-refractivity contribution < 1.29 is 9.53 Å². The molecule has 1 aromatic carbocycles. The van der Waals surface area contributed by atoms with Crippen molar-refractivity contribution in [2.24, 2.45) is 0 Å². The monoisotopic (exact) mass is 264 g/mol. The van der Waals surface area contributed by atoms with E-state index in [4.69, 9.17) is 11.6 Å². The fourth-order valence-corrected chi connectivity index (χ4v) is 1.56. The van der Waals surface area contributed by atoms with E-state index < -0.39 is 0 Å². The Hall–Kier alpha value is -1.54. The Morgan fingerprint density at radius 3 is 2.56 bits per heavy atom. The minimum absolute atomic E-state index is 0.229. The van der Waals surface area contributed by atoms with Crippen molar-refractivity contribution in [1.82, 2.24) is 0 Å². The molecule has 0 aliphatic rings. The average Bonchev–Trinajstić information content (AvgIpc) is 2.39. The van der Waals surface area contributed by atoms with Gasteiger partial charge in [0.15, 0.2) is 0 Å². The molecule has 0 aromatic heterocycles. The first-order chi connectivity index (χ1) is 8.65. The van der Waals surface area contributed by atoms with Gasteiger partial charge >= 0.3 is 5.97 Å². The van der Waals surface area contributed by atoms with Crippen molar-refractivity contribution >= 4 is 23.6 Å². The van der Waals surface area contributed by atoms with E-state index in [-0.39, 0.29) is 5.97 Å². The Morgan fingerprint density at radius 1 is 1.33 bits per heavy atom. The second-order valence-electron chi connectivity index (χ2n) is 3.81. The molecule has 0 radical (unpaired) electrons. The number of benzene rings is 1. The maximum absolute atomic E-state index is 11.0. The molecule has 3 heteroatoms. The van der Waals surface area contributed by atoms with Gasteiger partial charge in [0.2, 0.25) is 0 Å². The molecule has 0 aliphatic heterocycles. The summed E-state index contributed by atoms with van der Waals surface area (Å²) in [5.74, 6) is -0.229. The molecular weight excluding hydrogens is 248 g/mol. The van der Waals surface area contributed by atoms with E-state index in [0.29, 0.717) is 6.42 Å². The molecule has 0 amide bonds. The molecule has 0 bridgehead atoms. The average molecular weight is 265 g/mol. The summed E-state index contributed by atoms with van der Waals surface area (Å²) < 4.78 is 4.57. The maximum Gasteiger partial charge on any atom is 0.309 e. The van der Waals surface area contributed by atoms with Gasteiger partial charge in [0, 0.05) is 5.02 Å². The van der Waals surface area contributed by atoms with Crippen molar-refractivity contribution in [3.05, 3.63) is 52.6 Å². The summed E-state index contributed by atoms with van der Waals surface area (Å²) in [4.78, 5) is 11.0. The summed E-state index contributed by atoms with van der Waals surface area (Å²) in [7, 11) is 1.39. The van der Waals surface area contributed by atoms with Crippen LogP contribution in [0.25, 0.3) is 6.08 Å². The molecule has 96 valence electrons. The van der Waals surface area contributed by atoms with Gasteiger partial charge in [-0.3, -0.25) is 4.79 Å².